The first-order valence-electron chi connectivity index (χ1n) is 9.99. The van der Waals surface area contributed by atoms with Crippen LogP contribution in [0.5, 0.6) is 0 Å². The predicted molar refractivity (Wildman–Crippen MR) is 120 cm³/mol. The summed E-state index contributed by atoms with van der Waals surface area (Å²) in [7, 11) is 0. The highest BCUT2D eigenvalue weighted by Crippen LogP contribution is 2.32. The quantitative estimate of drug-likeness (QED) is 0.227. The molecule has 0 saturated carbocycles. The molecule has 9 heteroatoms. The predicted octanol–water partition coefficient (Wildman–Crippen LogP) is 4.71. The standard InChI is InChI=1S/C21H23N3O4S2/c1-3-16-13(2)30-19-18(16)20(25)23(11-15-8-6-10-28-15)21(22-19)29-12-14-7-4-5-9-17(14)24(26)27/h4-5,7,9,15H,3,6,8,10-12H2,1-2H3. The molecule has 0 spiro atoms. The molecule has 1 atom stereocenters. The van der Waals surface area contributed by atoms with E-state index in [-0.39, 0.29) is 22.3 Å². The van der Waals surface area contributed by atoms with Crippen LogP contribution in [0.25, 0.3) is 10.2 Å². The van der Waals surface area contributed by atoms with Gasteiger partial charge in [-0.15, -0.1) is 11.3 Å². The highest BCUT2D eigenvalue weighted by molar-refractivity contribution is 7.98. The molecule has 0 aliphatic carbocycles. The Morgan fingerprint density at radius 1 is 1.40 bits per heavy atom. The Bertz CT molecular complexity index is 1150. The van der Waals surface area contributed by atoms with Crippen molar-refractivity contribution in [1.29, 1.82) is 0 Å². The largest absolute Gasteiger partial charge is 0.376 e. The van der Waals surface area contributed by atoms with Crippen molar-refractivity contribution in [3.8, 4) is 0 Å². The van der Waals surface area contributed by atoms with E-state index in [1.54, 1.807) is 22.8 Å². The van der Waals surface area contributed by atoms with Crippen LogP contribution in [0.1, 0.15) is 35.8 Å². The van der Waals surface area contributed by atoms with Gasteiger partial charge in [0, 0.05) is 28.9 Å². The van der Waals surface area contributed by atoms with Gasteiger partial charge < -0.3 is 4.74 Å². The summed E-state index contributed by atoms with van der Waals surface area (Å²) in [5.41, 5.74) is 1.71. The maximum atomic E-state index is 13.5. The van der Waals surface area contributed by atoms with E-state index < -0.39 is 0 Å². The van der Waals surface area contributed by atoms with Gasteiger partial charge in [-0.25, -0.2) is 4.98 Å². The van der Waals surface area contributed by atoms with Crippen LogP contribution in [0.2, 0.25) is 0 Å². The van der Waals surface area contributed by atoms with Crippen LogP contribution in [-0.4, -0.2) is 27.2 Å². The Morgan fingerprint density at radius 2 is 2.20 bits per heavy atom. The van der Waals surface area contributed by atoms with Gasteiger partial charge in [-0.05, 0) is 31.7 Å². The molecule has 4 rings (SSSR count). The summed E-state index contributed by atoms with van der Waals surface area (Å²) in [5, 5.41) is 12.6. The second kappa shape index (κ2) is 8.87. The first kappa shape index (κ1) is 21.0. The zero-order chi connectivity index (χ0) is 21.3. The average molecular weight is 446 g/mol. The maximum Gasteiger partial charge on any atom is 0.273 e. The number of nitro benzene ring substituents is 1. The van der Waals surface area contributed by atoms with E-state index in [1.165, 1.54) is 29.2 Å². The smallest absolute Gasteiger partial charge is 0.273 e. The number of rotatable bonds is 7. The number of fused-ring (bicyclic) bond motifs is 1. The van der Waals surface area contributed by atoms with Gasteiger partial charge >= 0.3 is 0 Å². The molecule has 1 fully saturated rings. The number of nitro groups is 1. The third kappa shape index (κ3) is 4.01. The summed E-state index contributed by atoms with van der Waals surface area (Å²) in [4.78, 5) is 31.1. The zero-order valence-electron chi connectivity index (χ0n) is 16.9. The van der Waals surface area contributed by atoms with E-state index >= 15 is 0 Å². The fraction of sp³-hybridized carbons (Fsp3) is 0.429. The number of hydrogen-bond donors (Lipinski definition) is 0. The van der Waals surface area contributed by atoms with E-state index in [2.05, 4.69) is 6.92 Å². The Labute approximate surface area is 182 Å². The Balaban J connectivity index is 1.75. The minimum Gasteiger partial charge on any atom is -0.376 e. The fourth-order valence-corrected chi connectivity index (χ4v) is 6.03. The van der Waals surface area contributed by atoms with Crippen LogP contribution in [0, 0.1) is 17.0 Å². The number of thioether (sulfide) groups is 1. The summed E-state index contributed by atoms with van der Waals surface area (Å²) in [6.45, 7) is 5.25. The molecule has 7 nitrogen and oxygen atoms in total. The van der Waals surface area contributed by atoms with Crippen LogP contribution in [0.15, 0.2) is 34.2 Å². The van der Waals surface area contributed by atoms with Crippen molar-refractivity contribution in [1.82, 2.24) is 9.55 Å². The number of hydrogen-bond acceptors (Lipinski definition) is 7. The molecule has 0 N–H and O–H groups in total. The van der Waals surface area contributed by atoms with Gasteiger partial charge in [-0.1, -0.05) is 36.9 Å². The first-order chi connectivity index (χ1) is 14.5. The molecule has 1 unspecified atom stereocenters. The van der Waals surface area contributed by atoms with Gasteiger partial charge in [0.25, 0.3) is 11.2 Å². The lowest BCUT2D eigenvalue weighted by molar-refractivity contribution is -0.385. The average Bonchev–Trinajstić information content (AvgIpc) is 3.35. The minimum atomic E-state index is -0.373. The highest BCUT2D eigenvalue weighted by Gasteiger charge is 2.23. The minimum absolute atomic E-state index is 0.00262. The molecular weight excluding hydrogens is 422 g/mol. The molecule has 30 heavy (non-hydrogen) atoms. The van der Waals surface area contributed by atoms with Crippen molar-refractivity contribution in [2.24, 2.45) is 0 Å². The summed E-state index contributed by atoms with van der Waals surface area (Å²) >= 11 is 2.90. The van der Waals surface area contributed by atoms with E-state index in [9.17, 15) is 14.9 Å². The zero-order valence-corrected chi connectivity index (χ0v) is 18.6. The number of aromatic nitrogens is 2. The van der Waals surface area contributed by atoms with Gasteiger partial charge in [0.05, 0.1) is 23.0 Å². The maximum absolute atomic E-state index is 13.5. The number of ether oxygens (including phenoxy) is 1. The Morgan fingerprint density at radius 3 is 2.90 bits per heavy atom. The number of aryl methyl sites for hydroxylation is 2. The molecule has 158 valence electrons. The second-order valence-corrected chi connectivity index (χ2v) is 9.44. The number of benzene rings is 1. The van der Waals surface area contributed by atoms with Crippen LogP contribution in [0.4, 0.5) is 5.69 Å². The number of para-hydroxylation sites is 1. The van der Waals surface area contributed by atoms with Crippen molar-refractivity contribution in [3.05, 3.63) is 60.7 Å². The monoisotopic (exact) mass is 445 g/mol. The molecule has 2 aromatic heterocycles. The third-order valence-electron chi connectivity index (χ3n) is 5.39. The van der Waals surface area contributed by atoms with E-state index in [4.69, 9.17) is 9.72 Å². The van der Waals surface area contributed by atoms with Crippen molar-refractivity contribution >= 4 is 39.0 Å². The van der Waals surface area contributed by atoms with Crippen molar-refractivity contribution in [2.75, 3.05) is 6.61 Å². The topological polar surface area (TPSA) is 87.3 Å². The van der Waals surface area contributed by atoms with Crippen LogP contribution < -0.4 is 5.56 Å². The molecule has 3 aromatic rings. The van der Waals surface area contributed by atoms with Gasteiger partial charge in [-0.2, -0.15) is 0 Å². The SMILES string of the molecule is CCc1c(C)sc2nc(SCc3ccccc3[N+](=O)[O-])n(CC3CCCO3)c(=O)c12. The third-order valence-corrected chi connectivity index (χ3v) is 7.45. The lowest BCUT2D eigenvalue weighted by Crippen LogP contribution is -2.29. The van der Waals surface area contributed by atoms with Crippen LogP contribution in [-0.2, 0) is 23.5 Å². The van der Waals surface area contributed by atoms with E-state index in [0.717, 1.165) is 34.5 Å². The summed E-state index contributed by atoms with van der Waals surface area (Å²) < 4.78 is 7.48. The summed E-state index contributed by atoms with van der Waals surface area (Å²) in [6.07, 6.45) is 2.69. The summed E-state index contributed by atoms with van der Waals surface area (Å²) in [5.74, 6) is 0.367. The van der Waals surface area contributed by atoms with Gasteiger partial charge in [0.2, 0.25) is 0 Å². The summed E-state index contributed by atoms with van der Waals surface area (Å²) in [6, 6.07) is 6.69. The number of thiophene rings is 1. The molecule has 1 saturated heterocycles. The lowest BCUT2D eigenvalue weighted by Gasteiger charge is -2.16. The number of nitrogens with zero attached hydrogens (tertiary/aromatic N) is 3. The van der Waals surface area contributed by atoms with Crippen LogP contribution >= 0.6 is 23.1 Å². The lowest BCUT2D eigenvalue weighted by atomic mass is 10.1. The molecular formula is C21H23N3O4S2. The Hall–Kier alpha value is -2.23. The molecule has 0 bridgehead atoms. The Kier molecular flexibility index (Phi) is 6.21. The van der Waals surface area contributed by atoms with Gasteiger partial charge in [-0.3, -0.25) is 19.5 Å². The van der Waals surface area contributed by atoms with Crippen LogP contribution in [0.3, 0.4) is 0 Å². The molecule has 3 heterocycles. The molecule has 1 aliphatic heterocycles. The van der Waals surface area contributed by atoms with Gasteiger partial charge in [0.1, 0.15) is 4.83 Å². The molecule has 0 amide bonds. The van der Waals surface area contributed by atoms with Crippen molar-refractivity contribution < 1.29 is 9.66 Å². The second-order valence-electron chi connectivity index (χ2n) is 7.29. The van der Waals surface area contributed by atoms with Crippen molar-refractivity contribution in [3.63, 3.8) is 0 Å². The highest BCUT2D eigenvalue weighted by atomic mass is 32.2. The van der Waals surface area contributed by atoms with Gasteiger partial charge in [0.15, 0.2) is 5.16 Å². The molecule has 1 aliphatic rings. The molecule has 0 radical (unpaired) electrons. The fourth-order valence-electron chi connectivity index (χ4n) is 3.87. The van der Waals surface area contributed by atoms with Crippen molar-refractivity contribution in [2.45, 2.75) is 56.7 Å². The molecule has 1 aromatic carbocycles. The van der Waals surface area contributed by atoms with E-state index in [1.807, 2.05) is 6.92 Å². The first-order valence-corrected chi connectivity index (χ1v) is 11.8. The van der Waals surface area contributed by atoms with E-state index in [0.29, 0.717) is 35.0 Å². The normalized spacial score (nSPS) is 16.4.